The average molecular weight is 211 g/mol. The van der Waals surface area contributed by atoms with Crippen molar-refractivity contribution in [2.75, 3.05) is 13.2 Å². The quantitative estimate of drug-likeness (QED) is 0.512. The molecular weight excluding hydrogens is 196 g/mol. The van der Waals surface area contributed by atoms with Crippen molar-refractivity contribution in [3.05, 3.63) is 0 Å². The van der Waals surface area contributed by atoms with E-state index in [-0.39, 0.29) is 11.1 Å². The molecule has 0 saturated heterocycles. The summed E-state index contributed by atoms with van der Waals surface area (Å²) in [6, 6.07) is 0. The zero-order chi connectivity index (χ0) is 7.98. The van der Waals surface area contributed by atoms with Crippen LogP contribution in [0.3, 0.4) is 0 Å². The fourth-order valence-corrected chi connectivity index (χ4v) is 0.947. The maximum absolute atomic E-state index is 5.27. The Kier molecular flexibility index (Phi) is 6.38. The molecule has 0 aromatic heterocycles. The third kappa shape index (κ3) is 4.25. The number of hydrogen-bond acceptors (Lipinski definition) is 2. The van der Waals surface area contributed by atoms with Gasteiger partial charge in [0.25, 0.3) is 0 Å². The molecule has 0 N–H and O–H groups in total. The molecule has 62 valence electrons. The van der Waals surface area contributed by atoms with Crippen molar-refractivity contribution < 1.29 is 9.47 Å². The predicted molar refractivity (Wildman–Crippen MR) is 45.4 cm³/mol. The summed E-state index contributed by atoms with van der Waals surface area (Å²) in [7, 11) is 0. The monoisotopic (exact) mass is 210 g/mol. The predicted octanol–water partition coefficient (Wildman–Crippen LogP) is 2.17. The van der Waals surface area contributed by atoms with Crippen LogP contribution in [0.5, 0.6) is 0 Å². The van der Waals surface area contributed by atoms with Gasteiger partial charge in [-0.3, -0.25) is 0 Å². The van der Waals surface area contributed by atoms with Crippen molar-refractivity contribution in [1.29, 1.82) is 0 Å². The number of hydrogen-bond donors (Lipinski definition) is 0. The largest absolute Gasteiger partial charge is 0.352 e. The van der Waals surface area contributed by atoms with Gasteiger partial charge in [0.1, 0.15) is 0 Å². The van der Waals surface area contributed by atoms with E-state index in [1.54, 1.807) is 0 Å². The Bertz CT molecular complexity index is 70.0. The lowest BCUT2D eigenvalue weighted by atomic mass is 10.5. The van der Waals surface area contributed by atoms with Crippen LogP contribution in [0.2, 0.25) is 0 Å². The van der Waals surface area contributed by atoms with Crippen LogP contribution in [0.15, 0.2) is 0 Å². The minimum atomic E-state index is -0.102. The third-order valence-electron chi connectivity index (χ3n) is 1.04. The fourth-order valence-electron chi connectivity index (χ4n) is 0.642. The second-order valence-corrected chi connectivity index (χ2v) is 3.40. The molecular formula is C7H15BrO2. The molecule has 0 spiro atoms. The topological polar surface area (TPSA) is 18.5 Å². The Labute approximate surface area is 71.0 Å². The van der Waals surface area contributed by atoms with Gasteiger partial charge in [0.05, 0.1) is 4.83 Å². The van der Waals surface area contributed by atoms with E-state index < -0.39 is 0 Å². The molecule has 0 bridgehead atoms. The van der Waals surface area contributed by atoms with Crippen LogP contribution in [-0.4, -0.2) is 24.3 Å². The Morgan fingerprint density at radius 3 is 1.80 bits per heavy atom. The van der Waals surface area contributed by atoms with E-state index in [2.05, 4.69) is 15.9 Å². The molecule has 1 atom stereocenters. The van der Waals surface area contributed by atoms with Crippen molar-refractivity contribution in [1.82, 2.24) is 0 Å². The number of alkyl halides is 1. The number of ether oxygens (including phenoxy) is 2. The third-order valence-corrected chi connectivity index (χ3v) is 1.47. The zero-order valence-electron chi connectivity index (χ0n) is 6.76. The highest BCUT2D eigenvalue weighted by molar-refractivity contribution is 9.09. The lowest BCUT2D eigenvalue weighted by molar-refractivity contribution is -0.132. The summed E-state index contributed by atoms with van der Waals surface area (Å²) in [6.45, 7) is 7.32. The molecule has 0 aliphatic heterocycles. The van der Waals surface area contributed by atoms with Crippen LogP contribution in [0.25, 0.3) is 0 Å². The number of halogens is 1. The molecule has 0 aliphatic rings. The molecule has 0 saturated carbocycles. The highest BCUT2D eigenvalue weighted by Crippen LogP contribution is 2.09. The molecule has 0 unspecified atom stereocenters. The maximum Gasteiger partial charge on any atom is 0.169 e. The van der Waals surface area contributed by atoms with E-state index in [1.807, 2.05) is 20.8 Å². The van der Waals surface area contributed by atoms with E-state index in [9.17, 15) is 0 Å². The Balaban J connectivity index is 3.50. The SMILES string of the molecule is CCOC(OCC)[C@H](C)Br. The van der Waals surface area contributed by atoms with Crippen molar-refractivity contribution in [2.24, 2.45) is 0 Å². The zero-order valence-corrected chi connectivity index (χ0v) is 8.35. The standard InChI is InChI=1S/C7H15BrO2/c1-4-9-7(6(3)8)10-5-2/h6-7H,4-5H2,1-3H3/t6-/m0/s1. The lowest BCUT2D eigenvalue weighted by Gasteiger charge is -2.18. The number of rotatable bonds is 5. The molecule has 0 aromatic rings. The summed E-state index contributed by atoms with van der Waals surface area (Å²) < 4.78 is 10.5. The average Bonchev–Trinajstić information content (AvgIpc) is 1.87. The normalized spacial score (nSPS) is 14.1. The Morgan fingerprint density at radius 2 is 1.60 bits per heavy atom. The molecule has 0 amide bonds. The summed E-state index contributed by atoms with van der Waals surface area (Å²) in [4.78, 5) is 0.257. The lowest BCUT2D eigenvalue weighted by Crippen LogP contribution is -2.25. The smallest absolute Gasteiger partial charge is 0.169 e. The molecule has 10 heavy (non-hydrogen) atoms. The molecule has 0 aromatic carbocycles. The van der Waals surface area contributed by atoms with Crippen LogP contribution < -0.4 is 0 Å². The summed E-state index contributed by atoms with van der Waals surface area (Å²) >= 11 is 3.39. The van der Waals surface area contributed by atoms with Crippen LogP contribution in [-0.2, 0) is 9.47 Å². The summed E-state index contributed by atoms with van der Waals surface area (Å²) in [5.74, 6) is 0. The molecule has 0 fully saturated rings. The van der Waals surface area contributed by atoms with Crippen LogP contribution in [0.4, 0.5) is 0 Å². The molecule has 0 heterocycles. The van der Waals surface area contributed by atoms with E-state index in [0.717, 1.165) is 0 Å². The minimum Gasteiger partial charge on any atom is -0.352 e. The fraction of sp³-hybridized carbons (Fsp3) is 1.00. The first-order chi connectivity index (χ1) is 4.72. The Hall–Kier alpha value is 0.400. The van der Waals surface area contributed by atoms with Gasteiger partial charge in [0.15, 0.2) is 6.29 Å². The van der Waals surface area contributed by atoms with Crippen LogP contribution >= 0.6 is 15.9 Å². The van der Waals surface area contributed by atoms with Gasteiger partial charge >= 0.3 is 0 Å². The Morgan fingerprint density at radius 1 is 1.20 bits per heavy atom. The molecule has 0 rings (SSSR count). The first kappa shape index (κ1) is 10.4. The van der Waals surface area contributed by atoms with E-state index in [4.69, 9.17) is 9.47 Å². The van der Waals surface area contributed by atoms with Gasteiger partial charge in [-0.25, -0.2) is 0 Å². The van der Waals surface area contributed by atoms with Gasteiger partial charge in [-0.05, 0) is 20.8 Å². The summed E-state index contributed by atoms with van der Waals surface area (Å²) in [6.07, 6.45) is -0.102. The molecule has 0 aliphatic carbocycles. The van der Waals surface area contributed by atoms with Gasteiger partial charge < -0.3 is 9.47 Å². The molecule has 3 heteroatoms. The van der Waals surface area contributed by atoms with Crippen molar-refractivity contribution in [3.63, 3.8) is 0 Å². The van der Waals surface area contributed by atoms with Crippen molar-refractivity contribution >= 4 is 15.9 Å². The summed E-state index contributed by atoms with van der Waals surface area (Å²) in [5, 5.41) is 0. The first-order valence-corrected chi connectivity index (χ1v) is 4.51. The summed E-state index contributed by atoms with van der Waals surface area (Å²) in [5.41, 5.74) is 0. The van der Waals surface area contributed by atoms with Crippen molar-refractivity contribution in [2.45, 2.75) is 31.9 Å². The highest BCUT2D eigenvalue weighted by atomic mass is 79.9. The van der Waals surface area contributed by atoms with Crippen LogP contribution in [0.1, 0.15) is 20.8 Å². The second kappa shape index (κ2) is 6.13. The highest BCUT2D eigenvalue weighted by Gasteiger charge is 2.13. The van der Waals surface area contributed by atoms with Gasteiger partial charge in [-0.2, -0.15) is 0 Å². The maximum atomic E-state index is 5.27. The first-order valence-electron chi connectivity index (χ1n) is 3.59. The molecule has 0 radical (unpaired) electrons. The second-order valence-electron chi connectivity index (χ2n) is 1.96. The minimum absolute atomic E-state index is 0.102. The molecule has 2 nitrogen and oxygen atoms in total. The van der Waals surface area contributed by atoms with Gasteiger partial charge in [-0.1, -0.05) is 15.9 Å². The van der Waals surface area contributed by atoms with Gasteiger partial charge in [0, 0.05) is 13.2 Å². The van der Waals surface area contributed by atoms with Crippen molar-refractivity contribution in [3.8, 4) is 0 Å². The van der Waals surface area contributed by atoms with Gasteiger partial charge in [0.2, 0.25) is 0 Å². The van der Waals surface area contributed by atoms with E-state index >= 15 is 0 Å². The van der Waals surface area contributed by atoms with Crippen LogP contribution in [0, 0.1) is 0 Å². The van der Waals surface area contributed by atoms with E-state index in [0.29, 0.717) is 13.2 Å². The van der Waals surface area contributed by atoms with E-state index in [1.165, 1.54) is 0 Å². The van der Waals surface area contributed by atoms with Gasteiger partial charge in [-0.15, -0.1) is 0 Å².